The van der Waals surface area contributed by atoms with Gasteiger partial charge in [-0.3, -0.25) is 4.79 Å². The molecule has 0 atom stereocenters. The maximum atomic E-state index is 12.5. The lowest BCUT2D eigenvalue weighted by Gasteiger charge is -2.10. The van der Waals surface area contributed by atoms with Crippen molar-refractivity contribution in [1.82, 2.24) is 20.3 Å². The van der Waals surface area contributed by atoms with E-state index in [9.17, 15) is 4.79 Å². The molecule has 3 aromatic rings. The number of nitrogens with zero attached hydrogens (tertiary/aromatic N) is 3. The number of aryl methyl sites for hydroxylation is 2. The summed E-state index contributed by atoms with van der Waals surface area (Å²) in [5.74, 6) is 1.06. The highest BCUT2D eigenvalue weighted by Crippen LogP contribution is 2.23. The van der Waals surface area contributed by atoms with Crippen LogP contribution in [0, 0.1) is 13.8 Å². The van der Waals surface area contributed by atoms with E-state index in [-0.39, 0.29) is 18.1 Å². The van der Waals surface area contributed by atoms with Crippen LogP contribution in [0.25, 0.3) is 5.69 Å². The zero-order chi connectivity index (χ0) is 19.4. The molecule has 1 aromatic heterocycles. The van der Waals surface area contributed by atoms with E-state index in [2.05, 4.69) is 21.7 Å². The SMILES string of the molecule is COc1ccc(OC)c(CNC(=O)c2cn(-c3cc(C)cc(C)c3)nn2)c1. The van der Waals surface area contributed by atoms with Gasteiger partial charge in [-0.25, -0.2) is 4.68 Å². The Labute approximate surface area is 157 Å². The first-order chi connectivity index (χ1) is 13.0. The molecule has 0 radical (unpaired) electrons. The summed E-state index contributed by atoms with van der Waals surface area (Å²) in [5, 5.41) is 10.9. The third-order valence-electron chi connectivity index (χ3n) is 4.12. The number of ether oxygens (including phenoxy) is 2. The molecule has 27 heavy (non-hydrogen) atoms. The van der Waals surface area contributed by atoms with E-state index in [1.807, 2.05) is 32.0 Å². The Hall–Kier alpha value is -3.35. The van der Waals surface area contributed by atoms with Crippen molar-refractivity contribution in [3.05, 3.63) is 65.0 Å². The van der Waals surface area contributed by atoms with E-state index in [1.165, 1.54) is 0 Å². The van der Waals surface area contributed by atoms with Crippen molar-refractivity contribution < 1.29 is 14.3 Å². The fourth-order valence-corrected chi connectivity index (χ4v) is 2.86. The Bertz CT molecular complexity index is 945. The number of methoxy groups -OCH3 is 2. The van der Waals surface area contributed by atoms with Crippen LogP contribution in [-0.4, -0.2) is 35.1 Å². The monoisotopic (exact) mass is 366 g/mol. The van der Waals surface area contributed by atoms with Gasteiger partial charge in [0.25, 0.3) is 5.91 Å². The maximum absolute atomic E-state index is 12.5. The van der Waals surface area contributed by atoms with E-state index in [4.69, 9.17) is 9.47 Å². The van der Waals surface area contributed by atoms with Gasteiger partial charge < -0.3 is 14.8 Å². The Balaban J connectivity index is 1.73. The van der Waals surface area contributed by atoms with Crippen molar-refractivity contribution in [2.75, 3.05) is 14.2 Å². The highest BCUT2D eigenvalue weighted by atomic mass is 16.5. The lowest BCUT2D eigenvalue weighted by Crippen LogP contribution is -2.23. The summed E-state index contributed by atoms with van der Waals surface area (Å²) in [6.45, 7) is 4.32. The molecule has 3 rings (SSSR count). The quantitative estimate of drug-likeness (QED) is 0.726. The van der Waals surface area contributed by atoms with Crippen LogP contribution in [0.5, 0.6) is 11.5 Å². The Morgan fingerprint density at radius 3 is 2.48 bits per heavy atom. The van der Waals surface area contributed by atoms with E-state index in [0.29, 0.717) is 11.5 Å². The van der Waals surface area contributed by atoms with Gasteiger partial charge in [0.2, 0.25) is 0 Å². The van der Waals surface area contributed by atoms with Crippen LogP contribution in [0.1, 0.15) is 27.2 Å². The summed E-state index contributed by atoms with van der Waals surface area (Å²) in [6, 6.07) is 11.5. The molecule has 140 valence electrons. The van der Waals surface area contributed by atoms with E-state index in [0.717, 1.165) is 22.4 Å². The first-order valence-electron chi connectivity index (χ1n) is 8.50. The second-order valence-electron chi connectivity index (χ2n) is 6.25. The normalized spacial score (nSPS) is 10.5. The molecule has 7 heteroatoms. The topological polar surface area (TPSA) is 78.3 Å². The second kappa shape index (κ2) is 7.90. The second-order valence-corrected chi connectivity index (χ2v) is 6.25. The number of rotatable bonds is 6. The van der Waals surface area contributed by atoms with Crippen molar-refractivity contribution >= 4 is 5.91 Å². The third kappa shape index (κ3) is 4.25. The van der Waals surface area contributed by atoms with Crippen molar-refractivity contribution in [3.8, 4) is 17.2 Å². The summed E-state index contributed by atoms with van der Waals surface area (Å²) in [4.78, 5) is 12.5. The fourth-order valence-electron chi connectivity index (χ4n) is 2.86. The molecule has 1 amide bonds. The highest BCUT2D eigenvalue weighted by Gasteiger charge is 2.13. The molecular weight excluding hydrogens is 344 g/mol. The lowest BCUT2D eigenvalue weighted by atomic mass is 10.1. The molecule has 0 aliphatic carbocycles. The fraction of sp³-hybridized carbons (Fsp3) is 0.250. The molecule has 0 bridgehead atoms. The van der Waals surface area contributed by atoms with Crippen molar-refractivity contribution in [3.63, 3.8) is 0 Å². The Kier molecular flexibility index (Phi) is 5.40. The zero-order valence-corrected chi connectivity index (χ0v) is 15.8. The predicted octanol–water partition coefficient (Wildman–Crippen LogP) is 2.83. The summed E-state index contributed by atoms with van der Waals surface area (Å²) < 4.78 is 12.1. The lowest BCUT2D eigenvalue weighted by molar-refractivity contribution is 0.0945. The first-order valence-corrected chi connectivity index (χ1v) is 8.50. The van der Waals surface area contributed by atoms with E-state index >= 15 is 0 Å². The number of aromatic nitrogens is 3. The average Bonchev–Trinajstić information content (AvgIpc) is 3.15. The number of amides is 1. The standard InChI is InChI=1S/C20H22N4O3/c1-13-7-14(2)9-16(8-13)24-12-18(22-23-24)20(25)21-11-15-10-17(26-3)5-6-19(15)27-4/h5-10,12H,11H2,1-4H3,(H,21,25). The average molecular weight is 366 g/mol. The van der Waals surface area contributed by atoms with E-state index < -0.39 is 0 Å². The minimum absolute atomic E-state index is 0.246. The van der Waals surface area contributed by atoms with Gasteiger partial charge in [-0.2, -0.15) is 0 Å². The van der Waals surface area contributed by atoms with E-state index in [1.54, 1.807) is 37.2 Å². The van der Waals surface area contributed by atoms with Gasteiger partial charge >= 0.3 is 0 Å². The summed E-state index contributed by atoms with van der Waals surface area (Å²) in [6.07, 6.45) is 1.62. The van der Waals surface area contributed by atoms with Gasteiger partial charge in [-0.15, -0.1) is 5.10 Å². The zero-order valence-electron chi connectivity index (χ0n) is 15.8. The van der Waals surface area contributed by atoms with Gasteiger partial charge in [0.05, 0.1) is 26.1 Å². The van der Waals surface area contributed by atoms with Gasteiger partial charge in [0.15, 0.2) is 5.69 Å². The summed E-state index contributed by atoms with van der Waals surface area (Å²) >= 11 is 0. The van der Waals surface area contributed by atoms with Crippen molar-refractivity contribution in [2.45, 2.75) is 20.4 Å². The molecule has 0 aliphatic rings. The number of carbonyl (C=O) groups excluding carboxylic acids is 1. The predicted molar refractivity (Wildman–Crippen MR) is 102 cm³/mol. The van der Waals surface area contributed by atoms with Crippen molar-refractivity contribution in [2.24, 2.45) is 0 Å². The smallest absolute Gasteiger partial charge is 0.273 e. The molecule has 0 spiro atoms. The molecule has 0 unspecified atom stereocenters. The first kappa shape index (κ1) is 18.4. The van der Waals surface area contributed by atoms with Gasteiger partial charge in [-0.05, 0) is 55.3 Å². The molecule has 2 aromatic carbocycles. The third-order valence-corrected chi connectivity index (χ3v) is 4.12. The van der Waals surface area contributed by atoms with Crippen LogP contribution in [0.2, 0.25) is 0 Å². The molecule has 1 N–H and O–H groups in total. The highest BCUT2D eigenvalue weighted by molar-refractivity contribution is 5.91. The molecule has 0 saturated carbocycles. The maximum Gasteiger partial charge on any atom is 0.273 e. The van der Waals surface area contributed by atoms with Crippen LogP contribution in [0.4, 0.5) is 0 Å². The van der Waals surface area contributed by atoms with Crippen LogP contribution < -0.4 is 14.8 Å². The summed E-state index contributed by atoms with van der Waals surface area (Å²) in [5.41, 5.74) is 4.17. The molecule has 1 heterocycles. The molecular formula is C20H22N4O3. The minimum atomic E-state index is -0.310. The number of nitrogens with one attached hydrogen (secondary N) is 1. The van der Waals surface area contributed by atoms with Gasteiger partial charge in [0.1, 0.15) is 11.5 Å². The number of hydrogen-bond acceptors (Lipinski definition) is 5. The van der Waals surface area contributed by atoms with Crippen LogP contribution >= 0.6 is 0 Å². The number of carbonyl (C=O) groups is 1. The molecule has 7 nitrogen and oxygen atoms in total. The minimum Gasteiger partial charge on any atom is -0.497 e. The largest absolute Gasteiger partial charge is 0.497 e. The van der Waals surface area contributed by atoms with Gasteiger partial charge in [0, 0.05) is 12.1 Å². The Morgan fingerprint density at radius 2 is 1.81 bits per heavy atom. The summed E-state index contributed by atoms with van der Waals surface area (Å²) in [7, 11) is 3.18. The molecule has 0 saturated heterocycles. The number of benzene rings is 2. The molecule has 0 aliphatic heterocycles. The van der Waals surface area contributed by atoms with Crippen LogP contribution in [0.3, 0.4) is 0 Å². The van der Waals surface area contributed by atoms with Gasteiger partial charge in [-0.1, -0.05) is 11.3 Å². The van der Waals surface area contributed by atoms with Crippen LogP contribution in [-0.2, 0) is 6.54 Å². The molecule has 0 fully saturated rings. The Morgan fingerprint density at radius 1 is 1.07 bits per heavy atom. The van der Waals surface area contributed by atoms with Crippen LogP contribution in [0.15, 0.2) is 42.6 Å². The van der Waals surface area contributed by atoms with Crippen molar-refractivity contribution in [1.29, 1.82) is 0 Å². The number of hydrogen-bond donors (Lipinski definition) is 1.